The molecular formula is C16H17N3. The van der Waals surface area contributed by atoms with Crippen LogP contribution >= 0.6 is 0 Å². The van der Waals surface area contributed by atoms with Gasteiger partial charge in [-0.2, -0.15) is 0 Å². The first kappa shape index (κ1) is 11.0. The van der Waals surface area contributed by atoms with E-state index in [9.17, 15) is 0 Å². The van der Waals surface area contributed by atoms with Crippen molar-refractivity contribution >= 4 is 21.8 Å². The maximum atomic E-state index is 5.95. The molecule has 0 radical (unpaired) electrons. The number of nitrogens with zero attached hydrogens (tertiary/aromatic N) is 2. The van der Waals surface area contributed by atoms with E-state index in [1.54, 1.807) is 0 Å². The summed E-state index contributed by atoms with van der Waals surface area (Å²) in [5.74, 6) is 0. The first-order valence-electron chi connectivity index (χ1n) is 6.78. The largest absolute Gasteiger partial charge is 0.344 e. The Hall–Kier alpha value is -1.87. The topological polar surface area (TPSA) is 43.8 Å². The van der Waals surface area contributed by atoms with Gasteiger partial charge in [0.25, 0.3) is 0 Å². The molecule has 3 nitrogen and oxygen atoms in total. The summed E-state index contributed by atoms with van der Waals surface area (Å²) in [6, 6.07) is 8.86. The molecule has 1 aliphatic carbocycles. The minimum atomic E-state index is 0.249. The Kier molecular flexibility index (Phi) is 2.07. The minimum absolute atomic E-state index is 0.249. The molecule has 2 N–H and O–H groups in total. The van der Waals surface area contributed by atoms with Crippen LogP contribution in [-0.4, -0.2) is 16.1 Å². The molecule has 0 aliphatic heterocycles. The molecule has 0 spiro atoms. The SMILES string of the molecule is Cn1c2ccncc2c2cc(C3(CN)CC3)ccc21. The van der Waals surface area contributed by atoms with Gasteiger partial charge in [0.15, 0.2) is 0 Å². The van der Waals surface area contributed by atoms with Crippen LogP contribution in [0.4, 0.5) is 0 Å². The summed E-state index contributed by atoms with van der Waals surface area (Å²) in [6.45, 7) is 0.752. The van der Waals surface area contributed by atoms with E-state index in [1.807, 2.05) is 12.4 Å². The van der Waals surface area contributed by atoms with Crippen molar-refractivity contribution in [1.82, 2.24) is 9.55 Å². The van der Waals surface area contributed by atoms with Gasteiger partial charge in [0.05, 0.1) is 5.52 Å². The second-order valence-corrected chi connectivity index (χ2v) is 5.67. The number of nitrogens with two attached hydrogens (primary N) is 1. The first-order chi connectivity index (χ1) is 9.25. The number of rotatable bonds is 2. The Morgan fingerprint density at radius 2 is 2.00 bits per heavy atom. The second kappa shape index (κ2) is 3.58. The molecule has 3 heteroatoms. The lowest BCUT2D eigenvalue weighted by Gasteiger charge is -2.12. The molecule has 1 aromatic carbocycles. The Morgan fingerprint density at radius 3 is 2.74 bits per heavy atom. The molecular weight excluding hydrogens is 234 g/mol. The van der Waals surface area contributed by atoms with E-state index in [0.717, 1.165) is 6.54 Å². The summed E-state index contributed by atoms with van der Waals surface area (Å²) in [7, 11) is 2.11. The maximum absolute atomic E-state index is 5.95. The van der Waals surface area contributed by atoms with Crippen molar-refractivity contribution in [1.29, 1.82) is 0 Å². The predicted octanol–water partition coefficient (Wildman–Crippen LogP) is 2.72. The fourth-order valence-electron chi connectivity index (χ4n) is 3.15. The summed E-state index contributed by atoms with van der Waals surface area (Å²) in [5, 5.41) is 2.53. The highest BCUT2D eigenvalue weighted by atomic mass is 14.9. The lowest BCUT2D eigenvalue weighted by Crippen LogP contribution is -2.19. The Morgan fingerprint density at radius 1 is 1.21 bits per heavy atom. The highest BCUT2D eigenvalue weighted by molar-refractivity contribution is 6.07. The molecule has 1 aliphatic rings. The van der Waals surface area contributed by atoms with Gasteiger partial charge in [-0.3, -0.25) is 4.98 Å². The van der Waals surface area contributed by atoms with Crippen molar-refractivity contribution in [3.8, 4) is 0 Å². The van der Waals surface area contributed by atoms with Crippen LogP contribution in [-0.2, 0) is 12.5 Å². The van der Waals surface area contributed by atoms with E-state index in [2.05, 4.69) is 40.9 Å². The van der Waals surface area contributed by atoms with Crippen molar-refractivity contribution in [2.75, 3.05) is 6.54 Å². The third kappa shape index (κ3) is 1.39. The standard InChI is InChI=1S/C16H17N3/c1-19-14-3-2-11(16(10-17)5-6-16)8-12(14)13-9-18-7-4-15(13)19/h2-4,7-9H,5-6,10,17H2,1H3. The van der Waals surface area contributed by atoms with Gasteiger partial charge in [-0.15, -0.1) is 0 Å². The van der Waals surface area contributed by atoms with Crippen LogP contribution in [0.3, 0.4) is 0 Å². The third-order valence-corrected chi connectivity index (χ3v) is 4.66. The molecule has 0 bridgehead atoms. The molecule has 3 aromatic rings. The van der Waals surface area contributed by atoms with Crippen molar-refractivity contribution in [2.24, 2.45) is 12.8 Å². The summed E-state index contributed by atoms with van der Waals surface area (Å²) in [5.41, 5.74) is 10.1. The molecule has 4 rings (SSSR count). The summed E-state index contributed by atoms with van der Waals surface area (Å²) >= 11 is 0. The third-order valence-electron chi connectivity index (χ3n) is 4.66. The average molecular weight is 251 g/mol. The maximum Gasteiger partial charge on any atom is 0.0519 e. The van der Waals surface area contributed by atoms with Crippen molar-refractivity contribution in [2.45, 2.75) is 18.3 Å². The van der Waals surface area contributed by atoms with Crippen molar-refractivity contribution < 1.29 is 0 Å². The highest BCUT2D eigenvalue weighted by Gasteiger charge is 2.42. The van der Waals surface area contributed by atoms with E-state index in [-0.39, 0.29) is 5.41 Å². The zero-order valence-electron chi connectivity index (χ0n) is 11.1. The molecule has 19 heavy (non-hydrogen) atoms. The monoisotopic (exact) mass is 251 g/mol. The van der Waals surface area contributed by atoms with Crippen LogP contribution in [0.2, 0.25) is 0 Å². The quantitative estimate of drug-likeness (QED) is 0.761. The molecule has 2 aromatic heterocycles. The Bertz CT molecular complexity index is 781. The number of aryl methyl sites for hydroxylation is 1. The van der Waals surface area contributed by atoms with Crippen molar-refractivity contribution in [3.63, 3.8) is 0 Å². The van der Waals surface area contributed by atoms with E-state index in [1.165, 1.54) is 40.2 Å². The van der Waals surface area contributed by atoms with Crippen molar-refractivity contribution in [3.05, 3.63) is 42.2 Å². The predicted molar refractivity (Wildman–Crippen MR) is 78.2 cm³/mol. The lowest BCUT2D eigenvalue weighted by atomic mass is 9.95. The minimum Gasteiger partial charge on any atom is -0.344 e. The number of aromatic nitrogens is 2. The summed E-state index contributed by atoms with van der Waals surface area (Å²) in [6.07, 6.45) is 6.25. The zero-order valence-corrected chi connectivity index (χ0v) is 11.1. The van der Waals surface area contributed by atoms with E-state index >= 15 is 0 Å². The van der Waals surface area contributed by atoms with E-state index in [0.29, 0.717) is 0 Å². The van der Waals surface area contributed by atoms with Gasteiger partial charge in [-0.25, -0.2) is 0 Å². The van der Waals surface area contributed by atoms with Crippen LogP contribution in [0.5, 0.6) is 0 Å². The summed E-state index contributed by atoms with van der Waals surface area (Å²) in [4.78, 5) is 4.27. The number of hydrogen-bond donors (Lipinski definition) is 1. The Balaban J connectivity index is 2.06. The van der Waals surface area contributed by atoms with Gasteiger partial charge in [0.2, 0.25) is 0 Å². The molecule has 0 atom stereocenters. The fraction of sp³-hybridized carbons (Fsp3) is 0.312. The number of benzene rings is 1. The van der Waals surface area contributed by atoms with Crippen LogP contribution < -0.4 is 5.73 Å². The van der Waals surface area contributed by atoms with Crippen LogP contribution in [0.25, 0.3) is 21.8 Å². The fourth-order valence-corrected chi connectivity index (χ4v) is 3.15. The van der Waals surface area contributed by atoms with Gasteiger partial charge in [0, 0.05) is 47.7 Å². The first-order valence-corrected chi connectivity index (χ1v) is 6.78. The lowest BCUT2D eigenvalue weighted by molar-refractivity contribution is 0.706. The molecule has 1 saturated carbocycles. The summed E-state index contributed by atoms with van der Waals surface area (Å²) < 4.78 is 2.23. The number of hydrogen-bond acceptors (Lipinski definition) is 2. The molecule has 1 fully saturated rings. The Labute approximate surface area is 112 Å². The van der Waals surface area contributed by atoms with Crippen LogP contribution in [0, 0.1) is 0 Å². The van der Waals surface area contributed by atoms with Gasteiger partial charge in [-0.05, 0) is 36.6 Å². The average Bonchev–Trinajstić information content (AvgIpc) is 3.22. The van der Waals surface area contributed by atoms with Gasteiger partial charge in [-0.1, -0.05) is 6.07 Å². The van der Waals surface area contributed by atoms with E-state index in [4.69, 9.17) is 5.73 Å². The highest BCUT2D eigenvalue weighted by Crippen LogP contribution is 2.48. The normalized spacial score (nSPS) is 17.2. The zero-order chi connectivity index (χ0) is 13.0. The van der Waals surface area contributed by atoms with Crippen LogP contribution in [0.1, 0.15) is 18.4 Å². The number of fused-ring (bicyclic) bond motifs is 3. The second-order valence-electron chi connectivity index (χ2n) is 5.67. The van der Waals surface area contributed by atoms with E-state index < -0.39 is 0 Å². The molecule has 96 valence electrons. The van der Waals surface area contributed by atoms with Gasteiger partial charge < -0.3 is 10.3 Å². The molecule has 0 saturated heterocycles. The van der Waals surface area contributed by atoms with Gasteiger partial charge >= 0.3 is 0 Å². The number of pyridine rings is 1. The molecule has 0 amide bonds. The van der Waals surface area contributed by atoms with Crippen LogP contribution in [0.15, 0.2) is 36.7 Å². The molecule has 2 heterocycles. The smallest absolute Gasteiger partial charge is 0.0519 e. The van der Waals surface area contributed by atoms with Gasteiger partial charge in [0.1, 0.15) is 0 Å². The molecule has 0 unspecified atom stereocenters.